The Morgan fingerprint density at radius 1 is 0.842 bits per heavy atom. The summed E-state index contributed by atoms with van der Waals surface area (Å²) in [6.07, 6.45) is -8.27. The molecule has 57 heavy (non-hydrogen) atoms. The first kappa shape index (κ1) is 46.0. The fourth-order valence-corrected chi connectivity index (χ4v) is 5.62. The maximum Gasteiger partial charge on any atom is 0.416 e. The Hall–Kier alpha value is -5.35. The van der Waals surface area contributed by atoms with Crippen LogP contribution in [0.15, 0.2) is 72.8 Å². The Kier molecular flexibility index (Phi) is 16.7. The van der Waals surface area contributed by atoms with Gasteiger partial charge in [-0.05, 0) is 92.8 Å². The highest BCUT2D eigenvalue weighted by atomic mass is 35.5. The van der Waals surface area contributed by atoms with Gasteiger partial charge < -0.3 is 40.6 Å². The lowest BCUT2D eigenvalue weighted by Gasteiger charge is -2.30. The van der Waals surface area contributed by atoms with Crippen LogP contribution < -0.4 is 30.7 Å². The minimum absolute atomic E-state index is 0.0859. The van der Waals surface area contributed by atoms with E-state index >= 15 is 0 Å². The monoisotopic (exact) mass is 820 g/mol. The molecule has 4 atom stereocenters. The van der Waals surface area contributed by atoms with Crippen molar-refractivity contribution in [3.63, 3.8) is 0 Å². The molecule has 0 saturated heterocycles. The van der Waals surface area contributed by atoms with Crippen LogP contribution in [0.25, 0.3) is 0 Å². The number of rotatable bonds is 18. The lowest BCUT2D eigenvalue weighted by atomic mass is 9.97. The third kappa shape index (κ3) is 15.6. The number of hydrogen-bond donors (Lipinski definition) is 5. The topological polar surface area (TPSA) is 181 Å². The molecule has 13 nitrogen and oxygen atoms in total. The standard InChI is InChI=1S/C40H48ClF3N4O9/c1-23(2)18-30(35(51)40(42,43)44)46-38(54)34(25-10-14-28(55-6)15-11-25)48-37(53)31(20-24-8-7-9-27(41)19-24)47-36(52)26-12-16-29(17-13-26)56-22-32(49)45-21-33(50)57-39(3,4)5/h7-17,19,23,30-31,34-35,51H,18,20-22H2,1-6H3,(H,45,49)(H,46,54)(H,47,52)(H,48,53)/t30-,31-,34-,35-/m0/s1. The fraction of sp³-hybridized carbons (Fsp3) is 0.425. The molecular weight excluding hydrogens is 773 g/mol. The van der Waals surface area contributed by atoms with Gasteiger partial charge in [0.15, 0.2) is 12.7 Å². The molecule has 4 amide bonds. The molecular formula is C40H48ClF3N4O9. The summed E-state index contributed by atoms with van der Waals surface area (Å²) in [6, 6.07) is 13.3. The smallest absolute Gasteiger partial charge is 0.416 e. The number of halogens is 4. The van der Waals surface area contributed by atoms with Gasteiger partial charge in [0.25, 0.3) is 11.8 Å². The number of carbonyl (C=O) groups is 5. The normalized spacial score (nSPS) is 13.7. The molecule has 0 fully saturated rings. The van der Waals surface area contributed by atoms with Gasteiger partial charge in [-0.1, -0.05) is 49.7 Å². The van der Waals surface area contributed by atoms with Crippen molar-refractivity contribution in [3.05, 3.63) is 94.5 Å². The van der Waals surface area contributed by atoms with Crippen molar-refractivity contribution in [3.8, 4) is 11.5 Å². The lowest BCUT2D eigenvalue weighted by Crippen LogP contribution is -2.55. The van der Waals surface area contributed by atoms with Gasteiger partial charge in [-0.25, -0.2) is 0 Å². The van der Waals surface area contributed by atoms with Gasteiger partial charge in [0, 0.05) is 17.0 Å². The molecule has 3 rings (SSSR count). The zero-order valence-electron chi connectivity index (χ0n) is 32.4. The molecule has 0 radical (unpaired) electrons. The van der Waals surface area contributed by atoms with Crippen LogP contribution in [0.5, 0.6) is 11.5 Å². The van der Waals surface area contributed by atoms with E-state index in [9.17, 15) is 42.3 Å². The van der Waals surface area contributed by atoms with E-state index in [0.717, 1.165) is 0 Å². The number of benzene rings is 3. The second-order valence-corrected chi connectivity index (χ2v) is 14.9. The Morgan fingerprint density at radius 2 is 1.47 bits per heavy atom. The van der Waals surface area contributed by atoms with Gasteiger partial charge in [0.1, 0.15) is 35.7 Å². The summed E-state index contributed by atoms with van der Waals surface area (Å²) >= 11 is 6.19. The van der Waals surface area contributed by atoms with E-state index in [4.69, 9.17) is 25.8 Å². The van der Waals surface area contributed by atoms with Crippen molar-refractivity contribution in [2.75, 3.05) is 20.3 Å². The average molecular weight is 821 g/mol. The third-order valence-corrected chi connectivity index (χ3v) is 8.29. The van der Waals surface area contributed by atoms with E-state index in [1.807, 2.05) is 0 Å². The highest BCUT2D eigenvalue weighted by Crippen LogP contribution is 2.27. The first-order valence-electron chi connectivity index (χ1n) is 17.9. The number of methoxy groups -OCH3 is 1. The van der Waals surface area contributed by atoms with Gasteiger partial charge in [0.05, 0.1) is 13.2 Å². The molecule has 0 spiro atoms. The van der Waals surface area contributed by atoms with E-state index in [1.165, 1.54) is 55.6 Å². The average Bonchev–Trinajstić information content (AvgIpc) is 3.13. The number of hydrogen-bond acceptors (Lipinski definition) is 9. The molecule has 0 unspecified atom stereocenters. The van der Waals surface area contributed by atoms with Crippen LogP contribution in [0.3, 0.4) is 0 Å². The second-order valence-electron chi connectivity index (χ2n) is 14.5. The summed E-state index contributed by atoms with van der Waals surface area (Å²) < 4.78 is 56.7. The summed E-state index contributed by atoms with van der Waals surface area (Å²) in [4.78, 5) is 65.4. The van der Waals surface area contributed by atoms with Gasteiger partial charge in [0.2, 0.25) is 11.8 Å². The predicted octanol–water partition coefficient (Wildman–Crippen LogP) is 4.84. The van der Waals surface area contributed by atoms with Crippen LogP contribution in [0.1, 0.15) is 68.6 Å². The van der Waals surface area contributed by atoms with Gasteiger partial charge in [-0.3, -0.25) is 24.0 Å². The highest BCUT2D eigenvalue weighted by Gasteiger charge is 2.45. The van der Waals surface area contributed by atoms with Crippen LogP contribution in [-0.4, -0.2) is 84.9 Å². The van der Waals surface area contributed by atoms with E-state index in [1.54, 1.807) is 58.9 Å². The number of carbonyl (C=O) groups excluding carboxylic acids is 5. The lowest BCUT2D eigenvalue weighted by molar-refractivity contribution is -0.213. The van der Waals surface area contributed by atoms with Crippen LogP contribution in [0.4, 0.5) is 13.2 Å². The quantitative estimate of drug-likeness (QED) is 0.112. The van der Waals surface area contributed by atoms with Gasteiger partial charge >= 0.3 is 12.1 Å². The Balaban J connectivity index is 1.83. The number of aliphatic hydroxyl groups excluding tert-OH is 1. The predicted molar refractivity (Wildman–Crippen MR) is 205 cm³/mol. The van der Waals surface area contributed by atoms with Crippen LogP contribution in [0.2, 0.25) is 5.02 Å². The first-order chi connectivity index (χ1) is 26.6. The number of ether oxygens (including phenoxy) is 3. The molecule has 0 aliphatic heterocycles. The second kappa shape index (κ2) is 20.7. The maximum absolute atomic E-state index is 14.1. The number of amides is 4. The Morgan fingerprint density at radius 3 is 2.04 bits per heavy atom. The molecule has 0 aliphatic rings. The van der Waals surface area contributed by atoms with Crippen LogP contribution in [0, 0.1) is 5.92 Å². The molecule has 0 aromatic heterocycles. The molecule has 0 heterocycles. The zero-order chi connectivity index (χ0) is 42.5. The minimum atomic E-state index is -5.04. The van der Waals surface area contributed by atoms with Crippen molar-refractivity contribution in [2.45, 2.75) is 83.5 Å². The summed E-state index contributed by atoms with van der Waals surface area (Å²) in [6.45, 7) is 7.55. The molecule has 0 saturated carbocycles. The molecule has 310 valence electrons. The molecule has 17 heteroatoms. The molecule has 5 N–H and O–H groups in total. The van der Waals surface area contributed by atoms with Gasteiger partial charge in [-0.15, -0.1) is 0 Å². The molecule has 0 aliphatic carbocycles. The van der Waals surface area contributed by atoms with E-state index in [-0.39, 0.29) is 42.2 Å². The minimum Gasteiger partial charge on any atom is -0.497 e. The number of nitrogens with one attached hydrogen (secondary N) is 4. The van der Waals surface area contributed by atoms with Crippen molar-refractivity contribution >= 4 is 41.2 Å². The summed E-state index contributed by atoms with van der Waals surface area (Å²) in [7, 11) is 1.41. The summed E-state index contributed by atoms with van der Waals surface area (Å²) in [5, 5.41) is 20.4. The Labute approximate surface area is 334 Å². The van der Waals surface area contributed by atoms with Gasteiger partial charge in [-0.2, -0.15) is 13.2 Å². The third-order valence-electron chi connectivity index (χ3n) is 8.05. The van der Waals surface area contributed by atoms with Crippen LogP contribution >= 0.6 is 11.6 Å². The Bertz CT molecular complexity index is 1840. The van der Waals surface area contributed by atoms with Crippen molar-refractivity contribution in [1.82, 2.24) is 21.3 Å². The highest BCUT2D eigenvalue weighted by molar-refractivity contribution is 6.30. The van der Waals surface area contributed by atoms with Crippen molar-refractivity contribution < 1.29 is 56.5 Å². The van der Waals surface area contributed by atoms with E-state index < -0.39 is 72.2 Å². The maximum atomic E-state index is 14.1. The zero-order valence-corrected chi connectivity index (χ0v) is 33.1. The fourth-order valence-electron chi connectivity index (χ4n) is 5.41. The molecule has 3 aromatic carbocycles. The number of esters is 1. The summed E-state index contributed by atoms with van der Waals surface area (Å²) in [5.74, 6) is -3.57. The SMILES string of the molecule is COc1ccc([C@H](NC(=O)[C@H](Cc2cccc(Cl)c2)NC(=O)c2ccc(OCC(=O)NCC(=O)OC(C)(C)C)cc2)C(=O)N[C@@H](CC(C)C)[C@H](O)C(F)(F)F)cc1. The van der Waals surface area contributed by atoms with Crippen molar-refractivity contribution in [1.29, 1.82) is 0 Å². The number of aliphatic hydroxyl groups is 1. The summed E-state index contributed by atoms with van der Waals surface area (Å²) in [5.41, 5.74) is 0.0789. The molecule has 0 bridgehead atoms. The first-order valence-corrected chi connectivity index (χ1v) is 18.3. The van der Waals surface area contributed by atoms with Crippen molar-refractivity contribution in [2.24, 2.45) is 5.92 Å². The number of alkyl halides is 3. The van der Waals surface area contributed by atoms with E-state index in [2.05, 4.69) is 21.3 Å². The largest absolute Gasteiger partial charge is 0.497 e. The van der Waals surface area contributed by atoms with Crippen LogP contribution in [-0.2, 0) is 30.3 Å². The van der Waals surface area contributed by atoms with E-state index in [0.29, 0.717) is 16.3 Å². The molecule has 3 aromatic rings.